The Balaban J connectivity index is 1.89. The van der Waals surface area contributed by atoms with E-state index >= 15 is 0 Å². The average Bonchev–Trinajstić information content (AvgIpc) is 3.08. The van der Waals surface area contributed by atoms with Crippen LogP contribution < -0.4 is 15.4 Å². The van der Waals surface area contributed by atoms with Crippen LogP contribution in [0.4, 0.5) is 5.69 Å². The molecule has 7 nitrogen and oxygen atoms in total. The van der Waals surface area contributed by atoms with Gasteiger partial charge in [-0.3, -0.25) is 14.0 Å². The highest BCUT2D eigenvalue weighted by Crippen LogP contribution is 2.24. The average molecular weight is 380 g/mol. The summed E-state index contributed by atoms with van der Waals surface area (Å²) in [6, 6.07) is 12.5. The first-order valence-electron chi connectivity index (χ1n) is 9.21. The van der Waals surface area contributed by atoms with E-state index in [2.05, 4.69) is 29.5 Å². The van der Waals surface area contributed by atoms with Crippen molar-refractivity contribution in [1.82, 2.24) is 14.7 Å². The van der Waals surface area contributed by atoms with Gasteiger partial charge in [-0.2, -0.15) is 0 Å². The zero-order chi connectivity index (χ0) is 20.1. The van der Waals surface area contributed by atoms with Crippen molar-refractivity contribution in [3.63, 3.8) is 0 Å². The van der Waals surface area contributed by atoms with Gasteiger partial charge in [0.1, 0.15) is 5.75 Å². The molecule has 2 aromatic heterocycles. The Bertz CT molecular complexity index is 994. The monoisotopic (exact) mass is 380 g/mol. The Labute approximate surface area is 163 Å². The van der Waals surface area contributed by atoms with E-state index in [4.69, 9.17) is 4.74 Å². The molecule has 0 aliphatic rings. The minimum atomic E-state index is -0.424. The van der Waals surface area contributed by atoms with E-state index < -0.39 is 5.91 Å². The van der Waals surface area contributed by atoms with Crippen molar-refractivity contribution >= 4 is 23.0 Å². The molecule has 2 heterocycles. The number of imidazole rings is 1. The molecule has 0 atom stereocenters. The molecule has 28 heavy (non-hydrogen) atoms. The number of benzene rings is 1. The standard InChI is InChI=1S/C21H24N4O3/c1-14(2)11-12-22-20(26)18-16-9-6-7-13-25(16)19(24-18)21(27)23-15-8-4-5-10-17(15)28-3/h4-10,13-14H,11-12H2,1-3H3,(H,22,26)(H,23,27). The molecule has 3 rings (SSSR count). The fourth-order valence-corrected chi connectivity index (χ4v) is 2.85. The van der Waals surface area contributed by atoms with Gasteiger partial charge in [-0.15, -0.1) is 0 Å². The second kappa shape index (κ2) is 8.56. The van der Waals surface area contributed by atoms with Crippen LogP contribution in [0.3, 0.4) is 0 Å². The molecule has 0 saturated carbocycles. The van der Waals surface area contributed by atoms with Gasteiger partial charge < -0.3 is 15.4 Å². The predicted octanol–water partition coefficient (Wildman–Crippen LogP) is 3.37. The summed E-state index contributed by atoms with van der Waals surface area (Å²) >= 11 is 0. The van der Waals surface area contributed by atoms with Crippen molar-refractivity contribution in [2.75, 3.05) is 19.0 Å². The van der Waals surface area contributed by atoms with Crippen molar-refractivity contribution < 1.29 is 14.3 Å². The first kappa shape index (κ1) is 19.4. The summed E-state index contributed by atoms with van der Waals surface area (Å²) < 4.78 is 6.88. The number of carbonyl (C=O) groups excluding carboxylic acids is 2. The molecule has 1 aromatic carbocycles. The van der Waals surface area contributed by atoms with Crippen LogP contribution >= 0.6 is 0 Å². The zero-order valence-corrected chi connectivity index (χ0v) is 16.2. The van der Waals surface area contributed by atoms with Crippen molar-refractivity contribution in [2.45, 2.75) is 20.3 Å². The van der Waals surface area contributed by atoms with Crippen LogP contribution in [0.1, 0.15) is 41.4 Å². The lowest BCUT2D eigenvalue weighted by molar-refractivity contribution is 0.0949. The highest BCUT2D eigenvalue weighted by molar-refractivity contribution is 6.06. The molecule has 0 aliphatic heterocycles. The van der Waals surface area contributed by atoms with Gasteiger partial charge in [0.25, 0.3) is 11.8 Å². The van der Waals surface area contributed by atoms with E-state index in [0.717, 1.165) is 6.42 Å². The molecular formula is C21H24N4O3. The van der Waals surface area contributed by atoms with E-state index in [9.17, 15) is 9.59 Å². The Morgan fingerprint density at radius 1 is 1.11 bits per heavy atom. The summed E-state index contributed by atoms with van der Waals surface area (Å²) in [5, 5.41) is 5.68. The Morgan fingerprint density at radius 3 is 2.61 bits per heavy atom. The maximum absolute atomic E-state index is 12.9. The van der Waals surface area contributed by atoms with E-state index in [1.807, 2.05) is 12.1 Å². The van der Waals surface area contributed by atoms with Crippen molar-refractivity contribution in [1.29, 1.82) is 0 Å². The van der Waals surface area contributed by atoms with Crippen LogP contribution in [0, 0.1) is 5.92 Å². The molecule has 3 aromatic rings. The third kappa shape index (κ3) is 4.14. The van der Waals surface area contributed by atoms with Gasteiger partial charge in [-0.25, -0.2) is 4.98 Å². The largest absolute Gasteiger partial charge is 0.495 e. The number of amides is 2. The van der Waals surface area contributed by atoms with Crippen LogP contribution in [0.5, 0.6) is 5.75 Å². The number of ether oxygens (including phenoxy) is 1. The number of methoxy groups -OCH3 is 1. The molecule has 0 aliphatic carbocycles. The van der Waals surface area contributed by atoms with Crippen molar-refractivity contribution in [2.24, 2.45) is 5.92 Å². The summed E-state index contributed by atoms with van der Waals surface area (Å²) in [6.45, 7) is 4.75. The number of aromatic nitrogens is 2. The van der Waals surface area contributed by atoms with E-state index in [0.29, 0.717) is 29.4 Å². The van der Waals surface area contributed by atoms with E-state index in [1.54, 1.807) is 40.9 Å². The van der Waals surface area contributed by atoms with Crippen LogP contribution in [-0.4, -0.2) is 34.9 Å². The Hall–Kier alpha value is -3.35. The lowest BCUT2D eigenvalue weighted by Crippen LogP contribution is -2.26. The number of anilines is 1. The Kier molecular flexibility index (Phi) is 5.93. The van der Waals surface area contributed by atoms with Crippen LogP contribution in [-0.2, 0) is 0 Å². The number of nitrogens with zero attached hydrogens (tertiary/aromatic N) is 2. The molecule has 0 bridgehead atoms. The molecule has 2 amide bonds. The zero-order valence-electron chi connectivity index (χ0n) is 16.2. The first-order valence-corrected chi connectivity index (χ1v) is 9.21. The minimum Gasteiger partial charge on any atom is -0.495 e. The maximum atomic E-state index is 12.9. The topological polar surface area (TPSA) is 84.7 Å². The fraction of sp³-hybridized carbons (Fsp3) is 0.286. The Morgan fingerprint density at radius 2 is 1.86 bits per heavy atom. The number of fused-ring (bicyclic) bond motifs is 1. The highest BCUT2D eigenvalue weighted by atomic mass is 16.5. The summed E-state index contributed by atoms with van der Waals surface area (Å²) in [6.07, 6.45) is 2.59. The lowest BCUT2D eigenvalue weighted by Gasteiger charge is -2.09. The number of hydrogen-bond donors (Lipinski definition) is 2. The number of para-hydroxylation sites is 2. The predicted molar refractivity (Wildman–Crippen MR) is 108 cm³/mol. The summed E-state index contributed by atoms with van der Waals surface area (Å²) in [4.78, 5) is 29.8. The van der Waals surface area contributed by atoms with Gasteiger partial charge in [-0.05, 0) is 36.6 Å². The van der Waals surface area contributed by atoms with Gasteiger partial charge in [-0.1, -0.05) is 32.0 Å². The molecule has 0 fully saturated rings. The first-order chi connectivity index (χ1) is 13.5. The maximum Gasteiger partial charge on any atom is 0.292 e. The van der Waals surface area contributed by atoms with E-state index in [1.165, 1.54) is 7.11 Å². The molecule has 7 heteroatoms. The smallest absolute Gasteiger partial charge is 0.292 e. The van der Waals surface area contributed by atoms with Crippen LogP contribution in [0.2, 0.25) is 0 Å². The second-order valence-electron chi connectivity index (χ2n) is 6.83. The molecule has 0 saturated heterocycles. The quantitative estimate of drug-likeness (QED) is 0.658. The summed E-state index contributed by atoms with van der Waals surface area (Å²) in [7, 11) is 1.54. The SMILES string of the molecule is COc1ccccc1NC(=O)c1nc(C(=O)NCCC(C)C)c2ccccn12. The molecule has 2 N–H and O–H groups in total. The van der Waals surface area contributed by atoms with E-state index in [-0.39, 0.29) is 17.4 Å². The van der Waals surface area contributed by atoms with Gasteiger partial charge in [0.15, 0.2) is 5.69 Å². The minimum absolute atomic E-state index is 0.135. The van der Waals surface area contributed by atoms with Crippen LogP contribution in [0.25, 0.3) is 5.52 Å². The lowest BCUT2D eigenvalue weighted by atomic mass is 10.1. The number of pyridine rings is 1. The number of carbonyl (C=O) groups is 2. The molecule has 146 valence electrons. The van der Waals surface area contributed by atoms with Crippen molar-refractivity contribution in [3.8, 4) is 5.75 Å². The number of hydrogen-bond acceptors (Lipinski definition) is 4. The third-order valence-electron chi connectivity index (χ3n) is 4.33. The molecule has 0 spiro atoms. The van der Waals surface area contributed by atoms with Gasteiger partial charge in [0.2, 0.25) is 5.82 Å². The molecular weight excluding hydrogens is 356 g/mol. The fourth-order valence-electron chi connectivity index (χ4n) is 2.85. The normalized spacial score (nSPS) is 10.9. The summed E-state index contributed by atoms with van der Waals surface area (Å²) in [5.41, 5.74) is 1.34. The highest BCUT2D eigenvalue weighted by Gasteiger charge is 2.22. The molecule has 0 radical (unpaired) electrons. The third-order valence-corrected chi connectivity index (χ3v) is 4.33. The molecule has 0 unspecified atom stereocenters. The van der Waals surface area contributed by atoms with Gasteiger partial charge in [0, 0.05) is 12.7 Å². The summed E-state index contributed by atoms with van der Waals surface area (Å²) in [5.74, 6) is 0.452. The van der Waals surface area contributed by atoms with Crippen LogP contribution in [0.15, 0.2) is 48.7 Å². The van der Waals surface area contributed by atoms with Gasteiger partial charge in [0.05, 0.1) is 18.3 Å². The van der Waals surface area contributed by atoms with Gasteiger partial charge >= 0.3 is 0 Å². The van der Waals surface area contributed by atoms with Crippen molar-refractivity contribution in [3.05, 3.63) is 60.2 Å². The number of rotatable bonds is 7. The second-order valence-corrected chi connectivity index (χ2v) is 6.83. The number of nitrogens with one attached hydrogen (secondary N) is 2.